The molecule has 1 amide bonds. The minimum absolute atomic E-state index is 0.106. The van der Waals surface area contributed by atoms with E-state index in [1.807, 2.05) is 47.4 Å². The van der Waals surface area contributed by atoms with Gasteiger partial charge in [-0.25, -0.2) is 4.21 Å². The van der Waals surface area contributed by atoms with Crippen LogP contribution in [0.1, 0.15) is 18.4 Å². The summed E-state index contributed by atoms with van der Waals surface area (Å²) in [7, 11) is -2.27. The van der Waals surface area contributed by atoms with E-state index in [1.54, 1.807) is 12.4 Å². The number of rotatable bonds is 3. The molecule has 2 aliphatic heterocycles. The normalized spacial score (nSPS) is 27.5. The van der Waals surface area contributed by atoms with E-state index in [0.29, 0.717) is 50.5 Å². The third-order valence-corrected chi connectivity index (χ3v) is 7.71. The molecule has 2 fully saturated rings. The first-order valence-electron chi connectivity index (χ1n) is 9.64. The molecule has 0 saturated carbocycles. The second kappa shape index (κ2) is 8.01. The lowest BCUT2D eigenvalue weighted by atomic mass is 9.94. The molecule has 3 heterocycles. The number of pyridine rings is 1. The number of carbonyl (C=O) groups excluding carboxylic acids is 1. The van der Waals surface area contributed by atoms with Crippen LogP contribution in [-0.2, 0) is 25.7 Å². The number of hydrogen-bond donors (Lipinski definition) is 0. The number of morpholine rings is 1. The zero-order chi connectivity index (χ0) is 19.5. The van der Waals surface area contributed by atoms with Crippen LogP contribution < -0.4 is 0 Å². The van der Waals surface area contributed by atoms with E-state index in [9.17, 15) is 9.00 Å². The second-order valence-electron chi connectivity index (χ2n) is 7.49. The van der Waals surface area contributed by atoms with Gasteiger partial charge in [-0.3, -0.25) is 9.78 Å². The first-order chi connectivity index (χ1) is 13.6. The summed E-state index contributed by atoms with van der Waals surface area (Å²) in [6, 6.07) is 13.2. The molecule has 4 rings (SSSR count). The average Bonchev–Trinajstić information content (AvgIpc) is 2.72. The number of aromatic nitrogens is 1. The highest BCUT2D eigenvalue weighted by molar-refractivity contribution is 7.93. The van der Waals surface area contributed by atoms with Crippen LogP contribution in [0.15, 0.2) is 59.2 Å². The molecule has 148 valence electrons. The van der Waals surface area contributed by atoms with Crippen molar-refractivity contribution in [1.29, 1.82) is 0 Å². The van der Waals surface area contributed by atoms with Crippen molar-refractivity contribution in [1.82, 2.24) is 9.88 Å². The third-order valence-electron chi connectivity index (χ3n) is 5.49. The highest BCUT2D eigenvalue weighted by Gasteiger charge is 2.42. The van der Waals surface area contributed by atoms with Crippen molar-refractivity contribution >= 4 is 21.3 Å². The Labute approximate surface area is 166 Å². The molecule has 0 unspecified atom stereocenters. The van der Waals surface area contributed by atoms with Crippen molar-refractivity contribution in [3.05, 3.63) is 60.4 Å². The van der Waals surface area contributed by atoms with Crippen molar-refractivity contribution in [2.45, 2.75) is 24.9 Å². The van der Waals surface area contributed by atoms with Crippen LogP contribution in [0.4, 0.5) is 5.69 Å². The maximum absolute atomic E-state index is 13.1. The van der Waals surface area contributed by atoms with E-state index in [1.165, 1.54) is 0 Å². The fraction of sp³-hybridized carbons (Fsp3) is 0.429. The number of benzene rings is 1. The SMILES string of the molecule is O=C(Cc1ccncc1)N1CCOC2(CCS(=O)(=Nc3ccccc3)CC2)C1. The van der Waals surface area contributed by atoms with Gasteiger partial charge in [0.1, 0.15) is 0 Å². The van der Waals surface area contributed by atoms with Crippen LogP contribution in [0.25, 0.3) is 0 Å². The summed E-state index contributed by atoms with van der Waals surface area (Å²) >= 11 is 0. The summed E-state index contributed by atoms with van der Waals surface area (Å²) in [6.07, 6.45) is 5.12. The molecule has 2 aliphatic rings. The van der Waals surface area contributed by atoms with Gasteiger partial charge < -0.3 is 9.64 Å². The van der Waals surface area contributed by atoms with Gasteiger partial charge in [-0.05, 0) is 42.7 Å². The quantitative estimate of drug-likeness (QED) is 0.796. The monoisotopic (exact) mass is 399 g/mol. The van der Waals surface area contributed by atoms with Gasteiger partial charge in [0.05, 0.1) is 34.0 Å². The lowest BCUT2D eigenvalue weighted by Crippen LogP contribution is -2.56. The molecule has 1 aromatic carbocycles. The minimum Gasteiger partial charge on any atom is -0.371 e. The summed E-state index contributed by atoms with van der Waals surface area (Å²) < 4.78 is 23.8. The molecule has 6 nitrogen and oxygen atoms in total. The van der Waals surface area contributed by atoms with Crippen molar-refractivity contribution in [2.75, 3.05) is 31.2 Å². The Bertz CT molecular complexity index is 926. The summed E-state index contributed by atoms with van der Waals surface area (Å²) in [5, 5.41) is 0. The second-order valence-corrected chi connectivity index (χ2v) is 10.0. The molecular weight excluding hydrogens is 374 g/mol. The lowest BCUT2D eigenvalue weighted by Gasteiger charge is -2.45. The van der Waals surface area contributed by atoms with Crippen LogP contribution in [0.5, 0.6) is 0 Å². The molecule has 2 saturated heterocycles. The van der Waals surface area contributed by atoms with Crippen LogP contribution in [-0.4, -0.2) is 56.8 Å². The molecule has 0 atom stereocenters. The van der Waals surface area contributed by atoms with Crippen LogP contribution in [0.2, 0.25) is 0 Å². The highest BCUT2D eigenvalue weighted by atomic mass is 32.2. The topological polar surface area (TPSA) is 71.9 Å². The molecule has 0 radical (unpaired) electrons. The Kier molecular flexibility index (Phi) is 5.46. The molecule has 1 aromatic heterocycles. The van der Waals surface area contributed by atoms with Crippen molar-refractivity contribution in [3.8, 4) is 0 Å². The van der Waals surface area contributed by atoms with Gasteiger partial charge >= 0.3 is 0 Å². The number of carbonyl (C=O) groups is 1. The van der Waals surface area contributed by atoms with Crippen molar-refractivity contribution < 1.29 is 13.7 Å². The third kappa shape index (κ3) is 4.42. The van der Waals surface area contributed by atoms with E-state index in [2.05, 4.69) is 9.35 Å². The van der Waals surface area contributed by atoms with Crippen LogP contribution in [0, 0.1) is 0 Å². The number of amides is 1. The van der Waals surface area contributed by atoms with Crippen LogP contribution in [0.3, 0.4) is 0 Å². The van der Waals surface area contributed by atoms with E-state index < -0.39 is 9.73 Å². The Morgan fingerprint density at radius 1 is 1.14 bits per heavy atom. The molecule has 7 heteroatoms. The van der Waals surface area contributed by atoms with E-state index >= 15 is 0 Å². The summed E-state index contributed by atoms with van der Waals surface area (Å²) in [5.74, 6) is 1.12. The summed E-state index contributed by atoms with van der Waals surface area (Å²) in [6.45, 7) is 1.70. The molecule has 28 heavy (non-hydrogen) atoms. The number of ether oxygens (including phenoxy) is 1. The van der Waals surface area contributed by atoms with Crippen molar-refractivity contribution in [2.24, 2.45) is 4.36 Å². The minimum atomic E-state index is -2.27. The van der Waals surface area contributed by atoms with Gasteiger partial charge in [0.25, 0.3) is 0 Å². The fourth-order valence-corrected chi connectivity index (χ4v) is 6.11. The maximum atomic E-state index is 13.1. The zero-order valence-electron chi connectivity index (χ0n) is 15.8. The number of hydrogen-bond acceptors (Lipinski definition) is 5. The average molecular weight is 400 g/mol. The molecule has 0 aliphatic carbocycles. The van der Waals surface area contributed by atoms with Gasteiger partial charge in [-0.2, -0.15) is 4.36 Å². The van der Waals surface area contributed by atoms with Crippen molar-refractivity contribution in [3.63, 3.8) is 0 Å². The standard InChI is InChI=1S/C21H25N3O3S/c25-20(16-18-6-10-22-11-7-18)24-12-13-27-21(17-24)8-14-28(26,15-9-21)23-19-4-2-1-3-5-19/h1-7,10-11H,8-9,12-17H2. The summed E-state index contributed by atoms with van der Waals surface area (Å²) in [5.41, 5.74) is 1.34. The Hall–Kier alpha value is -2.25. The Morgan fingerprint density at radius 3 is 2.57 bits per heavy atom. The predicted molar refractivity (Wildman–Crippen MR) is 109 cm³/mol. The summed E-state index contributed by atoms with van der Waals surface area (Å²) in [4.78, 5) is 18.6. The van der Waals surface area contributed by atoms with Gasteiger partial charge in [-0.1, -0.05) is 18.2 Å². The van der Waals surface area contributed by atoms with E-state index in [-0.39, 0.29) is 11.5 Å². The largest absolute Gasteiger partial charge is 0.371 e. The fourth-order valence-electron chi connectivity index (χ4n) is 3.84. The first-order valence-corrected chi connectivity index (χ1v) is 11.5. The maximum Gasteiger partial charge on any atom is 0.227 e. The number of nitrogens with zero attached hydrogens (tertiary/aromatic N) is 3. The molecule has 0 N–H and O–H groups in total. The lowest BCUT2D eigenvalue weighted by molar-refractivity contribution is -0.151. The van der Waals surface area contributed by atoms with E-state index in [0.717, 1.165) is 11.3 Å². The first kappa shape index (κ1) is 19.1. The zero-order valence-corrected chi connectivity index (χ0v) is 16.6. The van der Waals surface area contributed by atoms with E-state index in [4.69, 9.17) is 4.74 Å². The smallest absolute Gasteiger partial charge is 0.227 e. The Balaban J connectivity index is 1.41. The van der Waals surface area contributed by atoms with Gasteiger partial charge in [0, 0.05) is 37.0 Å². The molecular formula is C21H25N3O3S. The highest BCUT2D eigenvalue weighted by Crippen LogP contribution is 2.33. The Morgan fingerprint density at radius 2 is 1.86 bits per heavy atom. The molecule has 0 bridgehead atoms. The van der Waals surface area contributed by atoms with Gasteiger partial charge in [0.15, 0.2) is 0 Å². The predicted octanol–water partition coefficient (Wildman–Crippen LogP) is 2.82. The molecule has 2 aromatic rings. The van der Waals surface area contributed by atoms with Gasteiger partial charge in [-0.15, -0.1) is 0 Å². The molecule has 1 spiro atoms. The van der Waals surface area contributed by atoms with Crippen LogP contribution >= 0.6 is 0 Å². The van der Waals surface area contributed by atoms with Gasteiger partial charge in [0.2, 0.25) is 5.91 Å².